The highest BCUT2D eigenvalue weighted by Gasteiger charge is 2.34. The average Bonchev–Trinajstić information content (AvgIpc) is 2.51. The van der Waals surface area contributed by atoms with Crippen LogP contribution in [-0.4, -0.2) is 23.9 Å². The van der Waals surface area contributed by atoms with Crippen molar-refractivity contribution in [3.63, 3.8) is 0 Å². The van der Waals surface area contributed by atoms with Crippen molar-refractivity contribution < 1.29 is 9.84 Å². The van der Waals surface area contributed by atoms with Crippen molar-refractivity contribution in [3.8, 4) is 0 Å². The first kappa shape index (κ1) is 22.4. The Bertz CT molecular complexity index is 346. The third-order valence-electron chi connectivity index (χ3n) is 4.98. The molecule has 1 rings (SSSR count). The summed E-state index contributed by atoms with van der Waals surface area (Å²) in [4.78, 5) is 0. The van der Waals surface area contributed by atoms with Crippen molar-refractivity contribution in [1.82, 2.24) is 0 Å². The summed E-state index contributed by atoms with van der Waals surface area (Å²) >= 11 is 0. The molecule has 1 N–H and O–H groups in total. The molecule has 0 heterocycles. The van der Waals surface area contributed by atoms with Gasteiger partial charge in [-0.3, -0.25) is 0 Å². The van der Waals surface area contributed by atoms with Crippen LogP contribution >= 0.6 is 0 Å². The van der Waals surface area contributed by atoms with Crippen molar-refractivity contribution >= 4 is 0 Å². The van der Waals surface area contributed by atoms with Gasteiger partial charge in [0, 0.05) is 6.61 Å². The summed E-state index contributed by atoms with van der Waals surface area (Å²) in [7, 11) is 0. The second-order valence-corrected chi connectivity index (χ2v) is 6.78. The molecular formula is C21H40O2. The van der Waals surface area contributed by atoms with E-state index in [1.165, 1.54) is 37.7 Å². The minimum Gasteiger partial charge on any atom is -0.389 e. The molecule has 0 saturated heterocycles. The predicted octanol–water partition coefficient (Wildman–Crippen LogP) is 5.91. The zero-order chi connectivity index (χ0) is 16.4. The van der Waals surface area contributed by atoms with Crippen LogP contribution in [0.2, 0.25) is 0 Å². The van der Waals surface area contributed by atoms with Gasteiger partial charge in [0.1, 0.15) is 0 Å². The quantitative estimate of drug-likeness (QED) is 0.400. The van der Waals surface area contributed by atoms with Crippen LogP contribution in [0, 0.1) is 11.8 Å². The Morgan fingerprint density at radius 3 is 2.39 bits per heavy atom. The van der Waals surface area contributed by atoms with Crippen LogP contribution in [0.15, 0.2) is 23.8 Å². The fourth-order valence-electron chi connectivity index (χ4n) is 3.18. The van der Waals surface area contributed by atoms with Crippen LogP contribution in [0.4, 0.5) is 0 Å². The highest BCUT2D eigenvalue weighted by molar-refractivity contribution is 5.20. The molecule has 23 heavy (non-hydrogen) atoms. The smallest absolute Gasteiger partial charge is 0.0818 e. The van der Waals surface area contributed by atoms with Gasteiger partial charge < -0.3 is 9.84 Å². The van der Waals surface area contributed by atoms with Crippen LogP contribution in [0.3, 0.4) is 0 Å². The summed E-state index contributed by atoms with van der Waals surface area (Å²) < 4.78 is 6.22. The number of unbranched alkanes of at least 4 members (excludes halogenated alkanes) is 5. The van der Waals surface area contributed by atoms with E-state index in [0.29, 0.717) is 5.92 Å². The van der Waals surface area contributed by atoms with E-state index < -0.39 is 0 Å². The number of aliphatic hydroxyl groups is 1. The van der Waals surface area contributed by atoms with Crippen LogP contribution in [-0.2, 0) is 4.74 Å². The maximum absolute atomic E-state index is 10.2. The summed E-state index contributed by atoms with van der Waals surface area (Å²) in [5.74, 6) is 0.643. The first-order chi connectivity index (χ1) is 10.6. The van der Waals surface area contributed by atoms with Gasteiger partial charge in [0.15, 0.2) is 0 Å². The van der Waals surface area contributed by atoms with Gasteiger partial charge in [-0.1, -0.05) is 78.5 Å². The van der Waals surface area contributed by atoms with Crippen molar-refractivity contribution in [2.45, 2.75) is 92.3 Å². The lowest BCUT2D eigenvalue weighted by molar-refractivity contribution is -0.0114. The van der Waals surface area contributed by atoms with E-state index >= 15 is 0 Å². The monoisotopic (exact) mass is 324 g/mol. The molecule has 0 spiro atoms. The second kappa shape index (κ2) is 12.8. The van der Waals surface area contributed by atoms with Gasteiger partial charge in [0.25, 0.3) is 0 Å². The number of allylic oxidation sites excluding steroid dienone is 2. The van der Waals surface area contributed by atoms with E-state index in [4.69, 9.17) is 4.74 Å². The topological polar surface area (TPSA) is 29.5 Å². The molecule has 0 aromatic rings. The van der Waals surface area contributed by atoms with E-state index in [0.717, 1.165) is 19.4 Å². The van der Waals surface area contributed by atoms with Gasteiger partial charge in [-0.25, -0.2) is 0 Å². The standard InChI is InChI=1S/C20H36O2.CH4/c1-5-7-9-10-11-12-14-22-20-17(4)16(3)19(21)15-18(20)13-8-6-2;/h6,8,15-17,19-21H,5,7,9-14H2,1-4H3;1H4/b8-6+;. The Morgan fingerprint density at radius 1 is 1.09 bits per heavy atom. The van der Waals surface area contributed by atoms with Crippen LogP contribution in [0.5, 0.6) is 0 Å². The van der Waals surface area contributed by atoms with E-state index in [1.807, 2.05) is 13.0 Å². The summed E-state index contributed by atoms with van der Waals surface area (Å²) in [6.07, 6.45) is 14.7. The molecule has 2 heteroatoms. The molecule has 0 fully saturated rings. The Labute approximate surface area is 145 Å². The number of hydrogen-bond acceptors (Lipinski definition) is 2. The minimum atomic E-state index is -0.329. The molecule has 1 aliphatic rings. The molecule has 0 bridgehead atoms. The molecule has 136 valence electrons. The zero-order valence-corrected chi connectivity index (χ0v) is 15.1. The van der Waals surface area contributed by atoms with E-state index in [2.05, 4.69) is 32.9 Å². The summed E-state index contributed by atoms with van der Waals surface area (Å²) in [5, 5.41) is 10.2. The molecular weight excluding hydrogens is 284 g/mol. The third-order valence-corrected chi connectivity index (χ3v) is 4.98. The molecule has 0 aliphatic heterocycles. The first-order valence-corrected chi connectivity index (χ1v) is 9.23. The van der Waals surface area contributed by atoms with Crippen LogP contribution in [0.1, 0.15) is 80.1 Å². The number of hydrogen-bond donors (Lipinski definition) is 1. The third kappa shape index (κ3) is 7.67. The van der Waals surface area contributed by atoms with Crippen LogP contribution in [0.25, 0.3) is 0 Å². The highest BCUT2D eigenvalue weighted by atomic mass is 16.5. The normalized spacial score (nSPS) is 27.8. The number of ether oxygens (including phenoxy) is 1. The molecule has 4 atom stereocenters. The van der Waals surface area contributed by atoms with E-state index in [-0.39, 0.29) is 25.6 Å². The Kier molecular flexibility index (Phi) is 12.4. The average molecular weight is 325 g/mol. The lowest BCUT2D eigenvalue weighted by atomic mass is 9.77. The maximum atomic E-state index is 10.2. The minimum absolute atomic E-state index is 0. The Hall–Kier alpha value is -0.600. The van der Waals surface area contributed by atoms with Crippen molar-refractivity contribution in [3.05, 3.63) is 23.8 Å². The summed E-state index contributed by atoms with van der Waals surface area (Å²) in [6.45, 7) is 9.47. The molecule has 0 aromatic heterocycles. The SMILES string of the molecule is C.C/C=C/CC1=CC(O)C(C)C(C)C1OCCCCCCCC. The molecule has 2 nitrogen and oxygen atoms in total. The Morgan fingerprint density at radius 2 is 1.74 bits per heavy atom. The van der Waals surface area contributed by atoms with Gasteiger partial charge in [-0.05, 0) is 37.2 Å². The van der Waals surface area contributed by atoms with Crippen LogP contribution < -0.4 is 0 Å². The fraction of sp³-hybridized carbons (Fsp3) is 0.810. The molecule has 0 radical (unpaired) electrons. The van der Waals surface area contributed by atoms with Crippen molar-refractivity contribution in [1.29, 1.82) is 0 Å². The molecule has 0 saturated carbocycles. The van der Waals surface area contributed by atoms with Gasteiger partial charge >= 0.3 is 0 Å². The largest absolute Gasteiger partial charge is 0.389 e. The van der Waals surface area contributed by atoms with E-state index in [9.17, 15) is 5.11 Å². The summed E-state index contributed by atoms with van der Waals surface area (Å²) in [6, 6.07) is 0. The van der Waals surface area contributed by atoms with Crippen molar-refractivity contribution in [2.24, 2.45) is 11.8 Å². The molecule has 4 unspecified atom stereocenters. The zero-order valence-electron chi connectivity index (χ0n) is 15.1. The fourth-order valence-corrected chi connectivity index (χ4v) is 3.18. The highest BCUT2D eigenvalue weighted by Crippen LogP contribution is 2.33. The first-order valence-electron chi connectivity index (χ1n) is 9.23. The van der Waals surface area contributed by atoms with Gasteiger partial charge in [0.2, 0.25) is 0 Å². The summed E-state index contributed by atoms with van der Waals surface area (Å²) in [5.41, 5.74) is 1.25. The lowest BCUT2D eigenvalue weighted by Gasteiger charge is -2.37. The van der Waals surface area contributed by atoms with Gasteiger partial charge in [-0.15, -0.1) is 0 Å². The molecule has 1 aliphatic carbocycles. The number of aliphatic hydroxyl groups excluding tert-OH is 1. The molecule has 0 aromatic carbocycles. The lowest BCUT2D eigenvalue weighted by Crippen LogP contribution is -2.39. The maximum Gasteiger partial charge on any atom is 0.0818 e. The number of rotatable bonds is 10. The second-order valence-electron chi connectivity index (χ2n) is 6.78. The molecule has 0 amide bonds. The predicted molar refractivity (Wildman–Crippen MR) is 102 cm³/mol. The van der Waals surface area contributed by atoms with Gasteiger partial charge in [-0.2, -0.15) is 0 Å². The van der Waals surface area contributed by atoms with Crippen molar-refractivity contribution in [2.75, 3.05) is 6.61 Å². The Balaban J connectivity index is 0.00000484. The van der Waals surface area contributed by atoms with E-state index in [1.54, 1.807) is 0 Å². The van der Waals surface area contributed by atoms with Gasteiger partial charge in [0.05, 0.1) is 12.2 Å².